The van der Waals surface area contributed by atoms with E-state index in [2.05, 4.69) is 15.9 Å². The lowest BCUT2D eigenvalue weighted by Gasteiger charge is -2.05. The number of benzene rings is 2. The summed E-state index contributed by atoms with van der Waals surface area (Å²) in [6, 6.07) is 3.22. The van der Waals surface area contributed by atoms with Crippen molar-refractivity contribution in [2.45, 2.75) is 0 Å². The van der Waals surface area contributed by atoms with Crippen molar-refractivity contribution in [1.29, 1.82) is 0 Å². The van der Waals surface area contributed by atoms with E-state index in [4.69, 9.17) is 0 Å². The van der Waals surface area contributed by atoms with Gasteiger partial charge in [0, 0.05) is 11.5 Å². The molecule has 0 radical (unpaired) electrons. The molecule has 118 valence electrons. The van der Waals surface area contributed by atoms with E-state index in [0.29, 0.717) is 0 Å². The van der Waals surface area contributed by atoms with Gasteiger partial charge in [-0.1, -0.05) is 12.1 Å². The van der Waals surface area contributed by atoms with Crippen molar-refractivity contribution in [3.63, 3.8) is 0 Å². The molecule has 0 unspecified atom stereocenters. The molecule has 0 saturated carbocycles. The second-order valence-corrected chi connectivity index (χ2v) is 4.88. The first-order valence-corrected chi connectivity index (χ1v) is 6.33. The van der Waals surface area contributed by atoms with Crippen molar-refractivity contribution in [2.75, 3.05) is 0 Å². The number of fused-ring (bicyclic) bond motifs is 1. The van der Waals surface area contributed by atoms with Crippen LogP contribution in [0, 0.1) is 40.5 Å². The number of nitro benzene ring substituents is 4. The Labute approximate surface area is 133 Å². The normalized spacial score (nSPS) is 10.5. The highest BCUT2D eigenvalue weighted by molar-refractivity contribution is 9.10. The standard InChI is InChI=1S/C10H3BrN4O8/c11-7-4-2-1-3-5(12(16)17)6(4)8(13(18)19)10(15(22)23)9(7)14(20)21/h1-3H. The molecule has 0 aromatic heterocycles. The maximum Gasteiger partial charge on any atom is 0.424 e. The molecule has 2 aromatic rings. The average Bonchev–Trinajstić information content (AvgIpc) is 2.45. The molecule has 0 fully saturated rings. The number of nitro groups is 4. The first-order valence-electron chi connectivity index (χ1n) is 5.54. The molecule has 0 amide bonds. The van der Waals surface area contributed by atoms with Gasteiger partial charge in [-0.15, -0.1) is 0 Å². The zero-order valence-electron chi connectivity index (χ0n) is 10.7. The number of halogens is 1. The van der Waals surface area contributed by atoms with E-state index in [1.54, 1.807) is 0 Å². The Bertz CT molecular complexity index is 912. The van der Waals surface area contributed by atoms with Gasteiger partial charge in [0.15, 0.2) is 0 Å². The summed E-state index contributed by atoms with van der Waals surface area (Å²) in [5.74, 6) is 0. The van der Waals surface area contributed by atoms with Crippen molar-refractivity contribution in [2.24, 2.45) is 0 Å². The third-order valence-corrected chi connectivity index (χ3v) is 3.72. The smallest absolute Gasteiger partial charge is 0.258 e. The van der Waals surface area contributed by atoms with E-state index in [0.717, 1.165) is 18.2 Å². The summed E-state index contributed by atoms with van der Waals surface area (Å²) >= 11 is 2.78. The van der Waals surface area contributed by atoms with Crippen LogP contribution in [0.4, 0.5) is 22.7 Å². The summed E-state index contributed by atoms with van der Waals surface area (Å²) < 4.78 is -0.446. The molecule has 12 nitrogen and oxygen atoms in total. The molecule has 2 rings (SSSR count). The number of hydrogen-bond acceptors (Lipinski definition) is 8. The molecule has 0 heterocycles. The topological polar surface area (TPSA) is 173 Å². The minimum Gasteiger partial charge on any atom is -0.258 e. The zero-order chi connectivity index (χ0) is 17.5. The van der Waals surface area contributed by atoms with Gasteiger partial charge in [-0.3, -0.25) is 40.5 Å². The van der Waals surface area contributed by atoms with Crippen molar-refractivity contribution in [3.05, 3.63) is 63.1 Å². The highest BCUT2D eigenvalue weighted by Gasteiger charge is 2.43. The Morgan fingerprint density at radius 3 is 1.70 bits per heavy atom. The minimum atomic E-state index is -1.42. The first-order chi connectivity index (χ1) is 10.7. The Balaban J connectivity index is 3.27. The lowest BCUT2D eigenvalue weighted by molar-refractivity contribution is -0.440. The van der Waals surface area contributed by atoms with Crippen molar-refractivity contribution < 1.29 is 19.7 Å². The molecule has 0 spiro atoms. The predicted octanol–water partition coefficient (Wildman–Crippen LogP) is 3.24. The minimum absolute atomic E-state index is 0.247. The van der Waals surface area contributed by atoms with Crippen molar-refractivity contribution in [3.8, 4) is 0 Å². The zero-order valence-corrected chi connectivity index (χ0v) is 12.3. The van der Waals surface area contributed by atoms with Gasteiger partial charge >= 0.3 is 17.1 Å². The largest absolute Gasteiger partial charge is 0.424 e. The summed E-state index contributed by atoms with van der Waals surface area (Å²) in [7, 11) is 0. The van der Waals surface area contributed by atoms with Gasteiger partial charge in [-0.25, -0.2) is 0 Å². The summed E-state index contributed by atoms with van der Waals surface area (Å²) in [5.41, 5.74) is -4.64. The molecule has 13 heteroatoms. The van der Waals surface area contributed by atoms with Gasteiger partial charge in [0.05, 0.1) is 19.7 Å². The van der Waals surface area contributed by atoms with Crippen LogP contribution in [0.2, 0.25) is 0 Å². The summed E-state index contributed by atoms with van der Waals surface area (Å²) in [6.45, 7) is 0. The fraction of sp³-hybridized carbons (Fsp3) is 0. The SMILES string of the molecule is O=[N+]([O-])c1c([N+](=O)[O-])c([N+](=O)[O-])c2c([N+](=O)[O-])cccc2c1Br. The molecule has 2 aromatic carbocycles. The van der Waals surface area contributed by atoms with Gasteiger partial charge in [0.25, 0.3) is 5.69 Å². The van der Waals surface area contributed by atoms with E-state index < -0.39 is 52.3 Å². The van der Waals surface area contributed by atoms with Crippen molar-refractivity contribution in [1.82, 2.24) is 0 Å². The van der Waals surface area contributed by atoms with E-state index >= 15 is 0 Å². The van der Waals surface area contributed by atoms with Crippen LogP contribution < -0.4 is 0 Å². The lowest BCUT2D eigenvalue weighted by Crippen LogP contribution is -2.04. The fourth-order valence-corrected chi connectivity index (χ4v) is 2.77. The van der Waals surface area contributed by atoms with Gasteiger partial charge in [0.1, 0.15) is 9.86 Å². The molecule has 0 N–H and O–H groups in total. The van der Waals surface area contributed by atoms with Crippen LogP contribution in [0.1, 0.15) is 0 Å². The van der Waals surface area contributed by atoms with Gasteiger partial charge in [-0.05, 0) is 15.9 Å². The van der Waals surface area contributed by atoms with Crippen LogP contribution in [0.3, 0.4) is 0 Å². The molecule has 0 bridgehead atoms. The van der Waals surface area contributed by atoms with Gasteiger partial charge in [-0.2, -0.15) is 0 Å². The molecule has 0 aliphatic rings. The average molecular weight is 387 g/mol. The van der Waals surface area contributed by atoms with E-state index in [9.17, 15) is 40.5 Å². The molecule has 0 aliphatic heterocycles. The lowest BCUT2D eigenvalue weighted by atomic mass is 10.0. The molecule has 0 saturated heterocycles. The van der Waals surface area contributed by atoms with E-state index in [1.165, 1.54) is 0 Å². The quantitative estimate of drug-likeness (QED) is 0.568. The molecular formula is C10H3BrN4O8. The summed E-state index contributed by atoms with van der Waals surface area (Å²) in [5, 5.41) is 43.6. The van der Waals surface area contributed by atoms with E-state index in [1.807, 2.05) is 0 Å². The summed E-state index contributed by atoms with van der Waals surface area (Å²) in [4.78, 5) is 39.9. The molecule has 0 aliphatic carbocycles. The van der Waals surface area contributed by atoms with Gasteiger partial charge < -0.3 is 0 Å². The Kier molecular flexibility index (Phi) is 3.88. The summed E-state index contributed by atoms with van der Waals surface area (Å²) in [6.07, 6.45) is 0. The maximum atomic E-state index is 11.2. The van der Waals surface area contributed by atoms with Gasteiger partial charge in [0.2, 0.25) is 0 Å². The van der Waals surface area contributed by atoms with E-state index in [-0.39, 0.29) is 5.39 Å². The first kappa shape index (κ1) is 16.2. The van der Waals surface area contributed by atoms with Crippen LogP contribution >= 0.6 is 15.9 Å². The Morgan fingerprint density at radius 1 is 0.739 bits per heavy atom. The Hall–Kier alpha value is -3.22. The van der Waals surface area contributed by atoms with Crippen LogP contribution in [-0.4, -0.2) is 19.7 Å². The predicted molar refractivity (Wildman–Crippen MR) is 78.3 cm³/mol. The highest BCUT2D eigenvalue weighted by atomic mass is 79.9. The van der Waals surface area contributed by atoms with Crippen LogP contribution in [-0.2, 0) is 0 Å². The molecule has 0 atom stereocenters. The molecule has 23 heavy (non-hydrogen) atoms. The number of hydrogen-bond donors (Lipinski definition) is 0. The highest BCUT2D eigenvalue weighted by Crippen LogP contribution is 2.50. The van der Waals surface area contributed by atoms with Crippen LogP contribution in [0.15, 0.2) is 22.7 Å². The fourth-order valence-electron chi connectivity index (χ4n) is 2.10. The van der Waals surface area contributed by atoms with Crippen molar-refractivity contribution >= 4 is 49.5 Å². The number of nitrogens with zero attached hydrogens (tertiary/aromatic N) is 4. The number of non-ortho nitro benzene ring substituents is 1. The van der Waals surface area contributed by atoms with Crippen LogP contribution in [0.25, 0.3) is 10.8 Å². The third kappa shape index (κ3) is 2.42. The Morgan fingerprint density at radius 2 is 1.26 bits per heavy atom. The molecular weight excluding hydrogens is 384 g/mol. The maximum absolute atomic E-state index is 11.2. The third-order valence-electron chi connectivity index (χ3n) is 2.92. The monoisotopic (exact) mass is 386 g/mol. The van der Waals surface area contributed by atoms with Crippen LogP contribution in [0.5, 0.6) is 0 Å². The second kappa shape index (κ2) is 5.53. The second-order valence-electron chi connectivity index (χ2n) is 4.09. The number of rotatable bonds is 4.